The van der Waals surface area contributed by atoms with E-state index in [9.17, 15) is 13.9 Å². The second-order valence-electron chi connectivity index (χ2n) is 5.28. The minimum atomic E-state index is -1.53. The summed E-state index contributed by atoms with van der Waals surface area (Å²) in [6.45, 7) is 3.87. The Morgan fingerprint density at radius 3 is 2.61 bits per heavy atom. The summed E-state index contributed by atoms with van der Waals surface area (Å²) in [6.07, 6.45) is 0.338. The fourth-order valence-corrected chi connectivity index (χ4v) is 2.84. The maximum Gasteiger partial charge on any atom is 0.146 e. The smallest absolute Gasteiger partial charge is 0.146 e. The molecule has 0 aliphatic carbocycles. The maximum absolute atomic E-state index is 14.1. The first-order chi connectivity index (χ1) is 8.25. The molecular formula is C13H15BrF2O2. The van der Waals surface area contributed by atoms with Gasteiger partial charge in [0.2, 0.25) is 0 Å². The molecule has 18 heavy (non-hydrogen) atoms. The molecule has 0 spiro atoms. The first-order valence-corrected chi connectivity index (χ1v) is 6.55. The zero-order valence-electron chi connectivity index (χ0n) is 10.3. The minimum absolute atomic E-state index is 0.150. The summed E-state index contributed by atoms with van der Waals surface area (Å²) in [6, 6.07) is 2.45. The van der Waals surface area contributed by atoms with Gasteiger partial charge >= 0.3 is 0 Å². The van der Waals surface area contributed by atoms with E-state index in [2.05, 4.69) is 15.9 Å². The van der Waals surface area contributed by atoms with E-state index >= 15 is 0 Å². The van der Waals surface area contributed by atoms with Crippen LogP contribution in [0.25, 0.3) is 0 Å². The Bertz CT molecular complexity index is 476. The van der Waals surface area contributed by atoms with Crippen molar-refractivity contribution >= 4 is 15.9 Å². The van der Waals surface area contributed by atoms with Crippen molar-refractivity contribution in [3.05, 3.63) is 33.8 Å². The van der Waals surface area contributed by atoms with Crippen LogP contribution in [0.5, 0.6) is 0 Å². The fourth-order valence-electron chi connectivity index (χ4n) is 2.51. The molecule has 1 unspecified atom stereocenters. The number of rotatable bonds is 1. The highest BCUT2D eigenvalue weighted by Gasteiger charge is 2.44. The van der Waals surface area contributed by atoms with Gasteiger partial charge in [-0.15, -0.1) is 0 Å². The molecule has 1 atom stereocenters. The zero-order chi connectivity index (χ0) is 13.6. The summed E-state index contributed by atoms with van der Waals surface area (Å²) in [4.78, 5) is 0. The Morgan fingerprint density at radius 2 is 2.00 bits per heavy atom. The van der Waals surface area contributed by atoms with Gasteiger partial charge in [0, 0.05) is 12.8 Å². The van der Waals surface area contributed by atoms with Crippen LogP contribution in [0.15, 0.2) is 16.6 Å². The quantitative estimate of drug-likeness (QED) is 0.802. The van der Waals surface area contributed by atoms with Crippen LogP contribution in [0.4, 0.5) is 8.78 Å². The number of aliphatic hydroxyl groups is 1. The number of hydrogen-bond donors (Lipinski definition) is 1. The molecule has 5 heteroatoms. The van der Waals surface area contributed by atoms with Crippen molar-refractivity contribution in [3.63, 3.8) is 0 Å². The van der Waals surface area contributed by atoms with E-state index in [0.717, 1.165) is 6.07 Å². The summed E-state index contributed by atoms with van der Waals surface area (Å²) in [7, 11) is 0. The standard InChI is InChI=1S/C13H15BrF2O2/c1-12(2)7-13(17,5-6-18-12)10-9(15)4-3-8(14)11(10)16/h3-4,17H,5-7H2,1-2H3. The van der Waals surface area contributed by atoms with Crippen LogP contribution in [-0.4, -0.2) is 17.3 Å². The number of hydrogen-bond acceptors (Lipinski definition) is 2. The van der Waals surface area contributed by atoms with Crippen LogP contribution in [0.2, 0.25) is 0 Å². The normalized spacial score (nSPS) is 27.2. The molecule has 1 heterocycles. The van der Waals surface area contributed by atoms with Gasteiger partial charge < -0.3 is 9.84 Å². The molecule has 1 aromatic carbocycles. The van der Waals surface area contributed by atoms with Gasteiger partial charge in [-0.2, -0.15) is 0 Å². The molecule has 0 saturated carbocycles. The van der Waals surface area contributed by atoms with E-state index in [0.29, 0.717) is 0 Å². The zero-order valence-corrected chi connectivity index (χ0v) is 11.9. The van der Waals surface area contributed by atoms with Gasteiger partial charge in [0.25, 0.3) is 0 Å². The van der Waals surface area contributed by atoms with Crippen LogP contribution in [0.1, 0.15) is 32.3 Å². The average molecular weight is 321 g/mol. The first-order valence-electron chi connectivity index (χ1n) is 5.75. The number of ether oxygens (including phenoxy) is 1. The Kier molecular flexibility index (Phi) is 3.51. The van der Waals surface area contributed by atoms with Gasteiger partial charge in [-0.3, -0.25) is 0 Å². The van der Waals surface area contributed by atoms with E-state index < -0.39 is 22.8 Å². The maximum atomic E-state index is 14.1. The Balaban J connectivity index is 2.50. The lowest BCUT2D eigenvalue weighted by molar-refractivity contribution is -0.150. The second kappa shape index (κ2) is 4.54. The summed E-state index contributed by atoms with van der Waals surface area (Å²) in [5.41, 5.74) is -2.40. The van der Waals surface area contributed by atoms with E-state index in [1.807, 2.05) is 0 Å². The molecule has 1 N–H and O–H groups in total. The molecule has 0 bridgehead atoms. The van der Waals surface area contributed by atoms with Crippen molar-refractivity contribution in [1.29, 1.82) is 0 Å². The van der Waals surface area contributed by atoms with Crippen LogP contribution in [0.3, 0.4) is 0 Å². The summed E-state index contributed by atoms with van der Waals surface area (Å²) >= 11 is 3.02. The Labute approximate surface area is 113 Å². The molecule has 1 fully saturated rings. The summed E-state index contributed by atoms with van der Waals surface area (Å²) in [5, 5.41) is 10.6. The van der Waals surface area contributed by atoms with Crippen LogP contribution < -0.4 is 0 Å². The third kappa shape index (κ3) is 2.44. The molecule has 1 saturated heterocycles. The van der Waals surface area contributed by atoms with Crippen molar-refractivity contribution in [3.8, 4) is 0 Å². The topological polar surface area (TPSA) is 29.5 Å². The first kappa shape index (κ1) is 13.9. The van der Waals surface area contributed by atoms with Gasteiger partial charge in [-0.05, 0) is 41.9 Å². The molecule has 2 rings (SSSR count). The van der Waals surface area contributed by atoms with E-state index in [-0.39, 0.29) is 29.5 Å². The molecule has 1 aliphatic heterocycles. The largest absolute Gasteiger partial charge is 0.385 e. The average Bonchev–Trinajstić information content (AvgIpc) is 2.22. The van der Waals surface area contributed by atoms with Gasteiger partial charge in [0.1, 0.15) is 17.2 Å². The predicted octanol–water partition coefficient (Wildman–Crippen LogP) is 3.50. The van der Waals surface area contributed by atoms with Crippen molar-refractivity contribution in [2.45, 2.75) is 37.9 Å². The van der Waals surface area contributed by atoms with Crippen molar-refractivity contribution in [1.82, 2.24) is 0 Å². The molecule has 100 valence electrons. The van der Waals surface area contributed by atoms with Gasteiger partial charge in [0.15, 0.2) is 0 Å². The lowest BCUT2D eigenvalue weighted by Crippen LogP contribution is -2.44. The third-order valence-electron chi connectivity index (χ3n) is 3.24. The highest BCUT2D eigenvalue weighted by molar-refractivity contribution is 9.10. The molecule has 0 amide bonds. The van der Waals surface area contributed by atoms with Crippen LogP contribution in [0, 0.1) is 11.6 Å². The highest BCUT2D eigenvalue weighted by Crippen LogP contribution is 2.42. The summed E-state index contributed by atoms with van der Waals surface area (Å²) in [5.74, 6) is -1.47. The van der Waals surface area contributed by atoms with Crippen molar-refractivity contribution in [2.24, 2.45) is 0 Å². The number of benzene rings is 1. The predicted molar refractivity (Wildman–Crippen MR) is 67.2 cm³/mol. The van der Waals surface area contributed by atoms with E-state index in [4.69, 9.17) is 4.74 Å². The fraction of sp³-hybridized carbons (Fsp3) is 0.538. The van der Waals surface area contributed by atoms with Crippen molar-refractivity contribution in [2.75, 3.05) is 6.61 Å². The molecule has 2 nitrogen and oxygen atoms in total. The summed E-state index contributed by atoms with van der Waals surface area (Å²) < 4.78 is 33.5. The molecular weight excluding hydrogens is 306 g/mol. The molecule has 1 aliphatic rings. The SMILES string of the molecule is CC1(C)CC(O)(c2c(F)ccc(Br)c2F)CCO1. The van der Waals surface area contributed by atoms with Crippen molar-refractivity contribution < 1.29 is 18.6 Å². The molecule has 1 aromatic rings. The van der Waals surface area contributed by atoms with Gasteiger partial charge in [0.05, 0.1) is 22.2 Å². The minimum Gasteiger partial charge on any atom is -0.385 e. The Hall–Kier alpha value is -0.520. The van der Waals surface area contributed by atoms with E-state index in [1.54, 1.807) is 13.8 Å². The van der Waals surface area contributed by atoms with Gasteiger partial charge in [-0.1, -0.05) is 0 Å². The molecule has 0 radical (unpaired) electrons. The van der Waals surface area contributed by atoms with Crippen LogP contribution in [-0.2, 0) is 10.3 Å². The lowest BCUT2D eigenvalue weighted by atomic mass is 9.79. The molecule has 0 aromatic heterocycles. The highest BCUT2D eigenvalue weighted by atomic mass is 79.9. The number of halogens is 3. The Morgan fingerprint density at radius 1 is 1.33 bits per heavy atom. The lowest BCUT2D eigenvalue weighted by Gasteiger charge is -2.42. The third-order valence-corrected chi connectivity index (χ3v) is 3.85. The van der Waals surface area contributed by atoms with Crippen LogP contribution >= 0.6 is 15.9 Å². The second-order valence-corrected chi connectivity index (χ2v) is 6.14. The monoisotopic (exact) mass is 320 g/mol. The van der Waals surface area contributed by atoms with E-state index in [1.165, 1.54) is 6.07 Å². The van der Waals surface area contributed by atoms with Gasteiger partial charge in [-0.25, -0.2) is 8.78 Å².